The van der Waals surface area contributed by atoms with Gasteiger partial charge in [0.2, 0.25) is 12.3 Å². The maximum absolute atomic E-state index is 13.3. The first-order chi connectivity index (χ1) is 26.1. The van der Waals surface area contributed by atoms with Crippen molar-refractivity contribution in [2.75, 3.05) is 20.8 Å². The first-order valence-corrected chi connectivity index (χ1v) is 19.1. The highest BCUT2D eigenvalue weighted by Gasteiger charge is 2.37. The second kappa shape index (κ2) is 25.0. The molecule has 4 rings (SSSR count). The Labute approximate surface area is 327 Å². The Hall–Kier alpha value is -5.20. The molecule has 4 N–H and O–H groups in total. The zero-order chi connectivity index (χ0) is 41.7. The molecule has 3 aromatic rings. The van der Waals surface area contributed by atoms with E-state index in [-0.39, 0.29) is 35.7 Å². The predicted molar refractivity (Wildman–Crippen MR) is 217 cm³/mol. The van der Waals surface area contributed by atoms with Crippen molar-refractivity contribution in [3.8, 4) is 22.4 Å². The summed E-state index contributed by atoms with van der Waals surface area (Å²) in [5, 5.41) is 7.70. The number of hydrogen-bond donors (Lipinski definition) is 4. The maximum Gasteiger partial charge on any atom is 0.407 e. The lowest BCUT2D eigenvalue weighted by molar-refractivity contribution is -0.135. The average molecular weight is 765 g/mol. The molecule has 0 aliphatic carbocycles. The minimum Gasteiger partial charge on any atom is -0.453 e. The van der Waals surface area contributed by atoms with E-state index in [1.54, 1.807) is 6.92 Å². The topological polar surface area (TPSA) is 172 Å². The molecule has 0 bridgehead atoms. The normalized spacial score (nSPS) is 14.2. The van der Waals surface area contributed by atoms with Gasteiger partial charge in [0.15, 0.2) is 0 Å². The summed E-state index contributed by atoms with van der Waals surface area (Å²) >= 11 is 0. The van der Waals surface area contributed by atoms with Gasteiger partial charge >= 0.3 is 12.2 Å². The first kappa shape index (κ1) is 47.8. The van der Waals surface area contributed by atoms with Crippen molar-refractivity contribution in [1.82, 2.24) is 30.8 Å². The van der Waals surface area contributed by atoms with E-state index in [1.807, 2.05) is 52.6 Å². The lowest BCUT2D eigenvalue weighted by atomic mass is 9.98. The van der Waals surface area contributed by atoms with Crippen LogP contribution >= 0.6 is 0 Å². The third kappa shape index (κ3) is 16.4. The van der Waals surface area contributed by atoms with E-state index >= 15 is 0 Å². The number of ketones is 1. The fourth-order valence-electron chi connectivity index (χ4n) is 5.63. The Kier molecular flexibility index (Phi) is 21.7. The second-order valence-electron chi connectivity index (χ2n) is 14.0. The highest BCUT2D eigenvalue weighted by Crippen LogP contribution is 2.33. The van der Waals surface area contributed by atoms with Crippen molar-refractivity contribution in [1.29, 1.82) is 0 Å². The number of hydrogen-bond acceptors (Lipinski definition) is 8. The minimum atomic E-state index is -0.644. The quantitative estimate of drug-likeness (QED) is 0.135. The SMILES string of the molecule is CC.CC(C)NC=O.COC(=O)NC(C(=O)N1CCCC1c1ncc(-c2ccc(-c3ccc(C(C)C)cc3)cc2)[nH]1)C(C)C.COC(=O)NC(C)CC(C)=O. The van der Waals surface area contributed by atoms with E-state index in [2.05, 4.69) is 93.0 Å². The Morgan fingerprint density at radius 3 is 1.84 bits per heavy atom. The summed E-state index contributed by atoms with van der Waals surface area (Å²) in [5.74, 6) is 1.16. The lowest BCUT2D eigenvalue weighted by Crippen LogP contribution is -2.51. The Morgan fingerprint density at radius 1 is 0.855 bits per heavy atom. The summed E-state index contributed by atoms with van der Waals surface area (Å²) in [6.45, 7) is 19.9. The van der Waals surface area contributed by atoms with E-state index in [0.29, 0.717) is 25.3 Å². The monoisotopic (exact) mass is 764 g/mol. The smallest absolute Gasteiger partial charge is 0.407 e. The van der Waals surface area contributed by atoms with Crippen molar-refractivity contribution < 1.29 is 33.4 Å². The molecule has 0 saturated carbocycles. The van der Waals surface area contributed by atoms with E-state index in [9.17, 15) is 24.0 Å². The minimum absolute atomic E-state index is 0.0499. The molecule has 1 aliphatic rings. The third-order valence-corrected chi connectivity index (χ3v) is 8.49. The fourth-order valence-corrected chi connectivity index (χ4v) is 5.63. The van der Waals surface area contributed by atoms with E-state index in [0.717, 1.165) is 29.9 Å². The molecule has 3 atom stereocenters. The molecule has 2 heterocycles. The maximum atomic E-state index is 13.3. The molecule has 304 valence electrons. The molecule has 1 aliphatic heterocycles. The summed E-state index contributed by atoms with van der Waals surface area (Å²) in [6, 6.07) is 16.5. The van der Waals surface area contributed by atoms with Crippen LogP contribution in [0.25, 0.3) is 22.4 Å². The van der Waals surface area contributed by atoms with Crippen LogP contribution in [0.4, 0.5) is 9.59 Å². The van der Waals surface area contributed by atoms with Crippen molar-refractivity contribution in [2.45, 2.75) is 119 Å². The molecule has 4 amide bonds. The lowest BCUT2D eigenvalue weighted by Gasteiger charge is -2.30. The Bertz CT molecular complexity index is 1600. The van der Waals surface area contributed by atoms with Gasteiger partial charge in [-0.05, 0) is 74.6 Å². The zero-order valence-corrected chi connectivity index (χ0v) is 34.8. The molecule has 0 radical (unpaired) electrons. The highest BCUT2D eigenvalue weighted by molar-refractivity contribution is 5.86. The van der Waals surface area contributed by atoms with Gasteiger partial charge in [-0.1, -0.05) is 90.1 Å². The number of ether oxygens (including phenoxy) is 2. The van der Waals surface area contributed by atoms with Gasteiger partial charge in [-0.25, -0.2) is 14.6 Å². The van der Waals surface area contributed by atoms with Crippen LogP contribution in [-0.2, 0) is 23.9 Å². The van der Waals surface area contributed by atoms with E-state index < -0.39 is 18.2 Å². The molecule has 1 fully saturated rings. The number of nitrogens with zero attached hydrogens (tertiary/aromatic N) is 2. The zero-order valence-electron chi connectivity index (χ0n) is 34.8. The number of rotatable bonds is 12. The van der Waals surface area contributed by atoms with Gasteiger partial charge in [0.05, 0.1) is 32.2 Å². The number of carbonyl (C=O) groups excluding carboxylic acids is 5. The number of likely N-dealkylation sites (tertiary alicyclic amines) is 1. The fraction of sp³-hybridized carbons (Fsp3) is 0.524. The number of aromatic amines is 1. The van der Waals surface area contributed by atoms with Crippen molar-refractivity contribution >= 4 is 30.3 Å². The van der Waals surface area contributed by atoms with Crippen LogP contribution in [0.5, 0.6) is 0 Å². The van der Waals surface area contributed by atoms with Gasteiger partial charge < -0.3 is 35.3 Å². The second-order valence-corrected chi connectivity index (χ2v) is 14.0. The number of imidazole rings is 1. The van der Waals surface area contributed by atoms with Crippen LogP contribution in [0.1, 0.15) is 112 Å². The van der Waals surface area contributed by atoms with Crippen LogP contribution < -0.4 is 16.0 Å². The number of H-pyrrole nitrogens is 1. The van der Waals surface area contributed by atoms with Crippen LogP contribution in [0.15, 0.2) is 54.7 Å². The number of Topliss-reactive ketones (excluding diaryl/α,β-unsaturated/α-hetero) is 1. The molecule has 55 heavy (non-hydrogen) atoms. The average Bonchev–Trinajstić information content (AvgIpc) is 3.85. The predicted octanol–water partition coefficient (Wildman–Crippen LogP) is 7.79. The van der Waals surface area contributed by atoms with Gasteiger partial charge in [-0.2, -0.15) is 0 Å². The Balaban J connectivity index is 0.000000660. The number of carbonyl (C=O) groups is 5. The molecule has 3 unspecified atom stereocenters. The number of nitrogens with one attached hydrogen (secondary N) is 4. The number of alkyl carbamates (subject to hydrolysis) is 2. The van der Waals surface area contributed by atoms with Gasteiger partial charge in [-0.15, -0.1) is 0 Å². The van der Waals surface area contributed by atoms with Gasteiger partial charge in [0.1, 0.15) is 17.6 Å². The molecular weight excluding hydrogens is 700 g/mol. The van der Waals surface area contributed by atoms with Crippen LogP contribution in [0, 0.1) is 5.92 Å². The molecule has 2 aromatic carbocycles. The molecule has 13 heteroatoms. The standard InChI is InChI=1S/C29H36N4O3.C7H13NO3.C4H9NO.C2H6/c1-18(2)20-8-10-21(11-9-20)22-12-14-23(15-13-22)24-17-30-27(31-24)25-7-6-16-33(25)28(34)26(19(3)4)32-29(35)36-5;1-5(4-6(2)9)8-7(10)11-3;1-4(2)5-3-6;1-2/h8-15,17-19,25-26H,6-7,16H2,1-5H3,(H,30,31)(H,32,35);5H,4H2,1-3H3,(H,8,10);3-4H,1-2H3,(H,5,6);1-2H3. The largest absolute Gasteiger partial charge is 0.453 e. The summed E-state index contributed by atoms with van der Waals surface area (Å²) in [7, 11) is 2.59. The number of benzene rings is 2. The third-order valence-electron chi connectivity index (χ3n) is 8.49. The molecule has 0 spiro atoms. The van der Waals surface area contributed by atoms with Crippen LogP contribution in [-0.4, -0.2) is 84.0 Å². The van der Waals surface area contributed by atoms with Crippen LogP contribution in [0.2, 0.25) is 0 Å². The summed E-state index contributed by atoms with van der Waals surface area (Å²) in [5.41, 5.74) is 5.65. The summed E-state index contributed by atoms with van der Waals surface area (Å²) in [4.78, 5) is 65.6. The van der Waals surface area contributed by atoms with Gasteiger partial charge in [0.25, 0.3) is 0 Å². The van der Waals surface area contributed by atoms with Crippen molar-refractivity contribution in [3.05, 3.63) is 66.1 Å². The highest BCUT2D eigenvalue weighted by atomic mass is 16.5. The van der Waals surface area contributed by atoms with E-state index in [1.165, 1.54) is 37.8 Å². The van der Waals surface area contributed by atoms with Crippen molar-refractivity contribution in [2.24, 2.45) is 5.92 Å². The van der Waals surface area contributed by atoms with Gasteiger partial charge in [-0.3, -0.25) is 14.4 Å². The molecular formula is C42H64N6O7. The first-order valence-electron chi connectivity index (χ1n) is 19.1. The van der Waals surface area contributed by atoms with Crippen molar-refractivity contribution in [3.63, 3.8) is 0 Å². The number of amides is 4. The number of methoxy groups -OCH3 is 2. The molecule has 1 saturated heterocycles. The number of aromatic nitrogens is 2. The molecule has 13 nitrogen and oxygen atoms in total. The van der Waals surface area contributed by atoms with Crippen LogP contribution in [0.3, 0.4) is 0 Å². The molecule has 1 aromatic heterocycles. The summed E-state index contributed by atoms with van der Waals surface area (Å²) in [6.07, 6.45) is 3.48. The van der Waals surface area contributed by atoms with E-state index in [4.69, 9.17) is 4.74 Å². The Morgan fingerprint density at radius 2 is 1.38 bits per heavy atom. The summed E-state index contributed by atoms with van der Waals surface area (Å²) < 4.78 is 9.06. The van der Waals surface area contributed by atoms with Gasteiger partial charge in [0, 0.05) is 25.0 Å².